The van der Waals surface area contributed by atoms with Crippen LogP contribution in [-0.2, 0) is 9.59 Å². The van der Waals surface area contributed by atoms with Crippen LogP contribution < -0.4 is 10.1 Å². The Labute approximate surface area is 143 Å². The molecule has 25 heavy (non-hydrogen) atoms. The monoisotopic (exact) mass is 359 g/mol. The zero-order chi connectivity index (χ0) is 18.4. The molecule has 0 spiro atoms. The molecule has 0 radical (unpaired) electrons. The van der Waals surface area contributed by atoms with Crippen molar-refractivity contribution in [3.05, 3.63) is 24.3 Å². The third-order valence-electron chi connectivity index (χ3n) is 4.28. The van der Waals surface area contributed by atoms with Crippen LogP contribution in [-0.4, -0.2) is 29.8 Å². The lowest BCUT2D eigenvalue weighted by atomic mass is 9.80. The fraction of sp³-hybridized carbons (Fsp3) is 0.529. The van der Waals surface area contributed by atoms with Crippen LogP contribution in [0, 0.1) is 11.8 Å². The van der Waals surface area contributed by atoms with Gasteiger partial charge in [0.2, 0.25) is 5.91 Å². The summed E-state index contributed by atoms with van der Waals surface area (Å²) in [4.78, 5) is 22.4. The summed E-state index contributed by atoms with van der Waals surface area (Å²) in [5.74, 6) is -2.24. The molecule has 0 aliphatic heterocycles. The van der Waals surface area contributed by atoms with Gasteiger partial charge in [-0.15, -0.1) is 0 Å². The molecule has 138 valence electrons. The maximum atomic E-state index is 12.6. The number of alkyl halides is 3. The first-order valence-corrected chi connectivity index (χ1v) is 8.05. The first-order valence-electron chi connectivity index (χ1n) is 8.05. The largest absolute Gasteiger partial charge is 0.482 e. The highest BCUT2D eigenvalue weighted by Gasteiger charge is 2.41. The number of ether oxygens (including phenoxy) is 1. The summed E-state index contributed by atoms with van der Waals surface area (Å²) in [6.45, 7) is -0.452. The van der Waals surface area contributed by atoms with Crippen LogP contribution >= 0.6 is 0 Å². The van der Waals surface area contributed by atoms with Gasteiger partial charge in [0.25, 0.3) is 0 Å². The van der Waals surface area contributed by atoms with Crippen molar-refractivity contribution >= 4 is 17.6 Å². The highest BCUT2D eigenvalue weighted by atomic mass is 19.4. The molecule has 2 rings (SSSR count). The molecule has 0 aromatic heterocycles. The van der Waals surface area contributed by atoms with Crippen LogP contribution in [0.4, 0.5) is 18.9 Å². The van der Waals surface area contributed by atoms with Gasteiger partial charge in [-0.25, -0.2) is 4.79 Å². The van der Waals surface area contributed by atoms with E-state index in [1.807, 2.05) is 0 Å². The molecule has 0 atom stereocenters. The van der Waals surface area contributed by atoms with Gasteiger partial charge in [-0.05, 0) is 55.9 Å². The molecule has 0 unspecified atom stereocenters. The molecule has 1 aromatic rings. The van der Waals surface area contributed by atoms with E-state index in [2.05, 4.69) is 5.32 Å². The van der Waals surface area contributed by atoms with E-state index in [-0.39, 0.29) is 31.1 Å². The molecular weight excluding hydrogens is 339 g/mol. The second-order valence-electron chi connectivity index (χ2n) is 6.22. The van der Waals surface area contributed by atoms with Crippen LogP contribution in [0.25, 0.3) is 0 Å². The van der Waals surface area contributed by atoms with E-state index in [0.29, 0.717) is 24.3 Å². The van der Waals surface area contributed by atoms with E-state index in [1.165, 1.54) is 12.1 Å². The zero-order valence-corrected chi connectivity index (χ0v) is 13.5. The molecule has 1 aromatic carbocycles. The van der Waals surface area contributed by atoms with Crippen molar-refractivity contribution in [2.24, 2.45) is 11.8 Å². The van der Waals surface area contributed by atoms with Crippen molar-refractivity contribution in [1.29, 1.82) is 0 Å². The number of aliphatic carboxylic acids is 1. The fourth-order valence-electron chi connectivity index (χ4n) is 2.95. The third-order valence-corrected chi connectivity index (χ3v) is 4.28. The molecule has 0 heterocycles. The minimum atomic E-state index is -4.14. The number of carbonyl (C=O) groups excluding carboxylic acids is 1. The number of nitrogens with one attached hydrogen (secondary N) is 1. The van der Waals surface area contributed by atoms with Gasteiger partial charge in [-0.2, -0.15) is 13.2 Å². The summed E-state index contributed by atoms with van der Waals surface area (Å²) < 4.78 is 42.9. The quantitative estimate of drug-likeness (QED) is 0.809. The summed E-state index contributed by atoms with van der Waals surface area (Å²) in [5.41, 5.74) is 0.525. The third kappa shape index (κ3) is 6.28. The molecule has 1 aliphatic rings. The number of carboxylic acids is 1. The first-order chi connectivity index (χ1) is 11.7. The number of halogens is 3. The average Bonchev–Trinajstić information content (AvgIpc) is 2.53. The Morgan fingerprint density at radius 2 is 1.72 bits per heavy atom. The predicted molar refractivity (Wildman–Crippen MR) is 84.3 cm³/mol. The lowest BCUT2D eigenvalue weighted by molar-refractivity contribution is -0.184. The van der Waals surface area contributed by atoms with E-state index in [9.17, 15) is 22.8 Å². The molecule has 1 aliphatic carbocycles. The van der Waals surface area contributed by atoms with E-state index in [4.69, 9.17) is 9.84 Å². The second-order valence-corrected chi connectivity index (χ2v) is 6.22. The Morgan fingerprint density at radius 3 is 2.24 bits per heavy atom. The number of hydrogen-bond donors (Lipinski definition) is 2. The van der Waals surface area contributed by atoms with Gasteiger partial charge in [0, 0.05) is 12.1 Å². The minimum absolute atomic E-state index is 0.0308. The summed E-state index contributed by atoms with van der Waals surface area (Å²) in [7, 11) is 0. The first kappa shape index (κ1) is 19.1. The molecule has 5 nitrogen and oxygen atoms in total. The summed E-state index contributed by atoms with van der Waals surface area (Å²) in [6, 6.07) is 6.23. The lowest BCUT2D eigenvalue weighted by Gasteiger charge is -2.29. The molecule has 1 fully saturated rings. The maximum Gasteiger partial charge on any atom is 0.391 e. The topological polar surface area (TPSA) is 75.6 Å². The number of carboxylic acid groups (broad SMARTS) is 1. The standard InChI is InChI=1S/C17H20F3NO4/c18-17(19,20)12-3-1-11(2-4-12)9-15(22)21-13-5-7-14(8-6-13)25-10-16(23)24/h5-8,11-12H,1-4,9-10H2,(H,21,22)(H,23,24). The van der Waals surface area contributed by atoms with Crippen molar-refractivity contribution in [3.8, 4) is 5.75 Å². The van der Waals surface area contributed by atoms with Crippen molar-refractivity contribution in [2.75, 3.05) is 11.9 Å². The van der Waals surface area contributed by atoms with Crippen molar-refractivity contribution in [2.45, 2.75) is 38.3 Å². The Morgan fingerprint density at radius 1 is 1.12 bits per heavy atom. The van der Waals surface area contributed by atoms with Gasteiger partial charge in [0.15, 0.2) is 6.61 Å². The van der Waals surface area contributed by atoms with Crippen LogP contribution in [0.5, 0.6) is 5.75 Å². The second kappa shape index (κ2) is 8.22. The number of rotatable bonds is 6. The van der Waals surface area contributed by atoms with E-state index >= 15 is 0 Å². The van der Waals surface area contributed by atoms with Crippen molar-refractivity contribution in [3.63, 3.8) is 0 Å². The lowest BCUT2D eigenvalue weighted by Crippen LogP contribution is -2.29. The van der Waals surface area contributed by atoms with Gasteiger partial charge in [-0.3, -0.25) is 4.79 Å². The number of anilines is 1. The fourth-order valence-corrected chi connectivity index (χ4v) is 2.95. The number of benzene rings is 1. The summed E-state index contributed by atoms with van der Waals surface area (Å²) in [5, 5.41) is 11.2. The SMILES string of the molecule is O=C(O)COc1ccc(NC(=O)CC2CCC(C(F)(F)F)CC2)cc1. The van der Waals surface area contributed by atoms with Crippen LogP contribution in [0.15, 0.2) is 24.3 Å². The Bertz CT molecular complexity index is 593. The highest BCUT2D eigenvalue weighted by molar-refractivity contribution is 5.90. The Hall–Kier alpha value is -2.25. The van der Waals surface area contributed by atoms with Crippen LogP contribution in [0.2, 0.25) is 0 Å². The van der Waals surface area contributed by atoms with Gasteiger partial charge >= 0.3 is 12.1 Å². The highest BCUT2D eigenvalue weighted by Crippen LogP contribution is 2.40. The molecule has 1 amide bonds. The van der Waals surface area contributed by atoms with Gasteiger partial charge in [-0.1, -0.05) is 0 Å². The minimum Gasteiger partial charge on any atom is -0.482 e. The predicted octanol–water partition coefficient (Wildman–Crippen LogP) is 3.85. The summed E-state index contributed by atoms with van der Waals surface area (Å²) >= 11 is 0. The summed E-state index contributed by atoms with van der Waals surface area (Å²) in [6.07, 6.45) is -2.98. The van der Waals surface area contributed by atoms with E-state index < -0.39 is 24.7 Å². The maximum absolute atomic E-state index is 12.6. The number of hydrogen-bond acceptors (Lipinski definition) is 3. The van der Waals surface area contributed by atoms with E-state index in [1.54, 1.807) is 12.1 Å². The average molecular weight is 359 g/mol. The zero-order valence-electron chi connectivity index (χ0n) is 13.5. The molecule has 0 bridgehead atoms. The molecular formula is C17H20F3NO4. The van der Waals surface area contributed by atoms with Crippen molar-refractivity contribution < 1.29 is 32.6 Å². The van der Waals surface area contributed by atoms with Crippen molar-refractivity contribution in [1.82, 2.24) is 0 Å². The molecule has 0 saturated heterocycles. The van der Waals surface area contributed by atoms with Gasteiger partial charge in [0.1, 0.15) is 5.75 Å². The number of amides is 1. The normalized spacial score (nSPS) is 20.8. The Balaban J connectivity index is 1.76. The van der Waals surface area contributed by atoms with Gasteiger partial charge < -0.3 is 15.2 Å². The molecule has 8 heteroatoms. The smallest absolute Gasteiger partial charge is 0.391 e. The Kier molecular flexibility index (Phi) is 6.27. The van der Waals surface area contributed by atoms with Gasteiger partial charge in [0.05, 0.1) is 5.92 Å². The molecule has 2 N–H and O–H groups in total. The van der Waals surface area contributed by atoms with Crippen LogP contribution in [0.1, 0.15) is 32.1 Å². The number of carbonyl (C=O) groups is 2. The van der Waals surface area contributed by atoms with E-state index in [0.717, 1.165) is 0 Å². The molecule has 1 saturated carbocycles. The van der Waals surface area contributed by atoms with Crippen LogP contribution in [0.3, 0.4) is 0 Å².